The number of alkyl carbamates (subject to hydrolysis) is 2. The van der Waals surface area contributed by atoms with Crippen LogP contribution in [-0.4, -0.2) is 105 Å². The number of methoxy groups -OCH3 is 3. The molecule has 3 aromatic heterocycles. The smallest absolute Gasteiger partial charge is 0.407 e. The first kappa shape index (κ1) is 41.7. The molecule has 2 saturated heterocycles. The van der Waals surface area contributed by atoms with Crippen LogP contribution in [0.4, 0.5) is 9.59 Å². The lowest BCUT2D eigenvalue weighted by molar-refractivity contribution is -0.136. The van der Waals surface area contributed by atoms with Gasteiger partial charge in [0.25, 0.3) is 0 Å². The fraction of sp³-hybridized carbons (Fsp3) is 0.432. The Bertz CT molecular complexity index is 2360. The van der Waals surface area contributed by atoms with Crippen molar-refractivity contribution in [2.75, 3.05) is 34.4 Å². The van der Waals surface area contributed by atoms with Gasteiger partial charge in [-0.15, -0.1) is 0 Å². The van der Waals surface area contributed by atoms with Crippen molar-refractivity contribution in [1.29, 1.82) is 0 Å². The average molecular weight is 820 g/mol. The number of likely N-dealkylation sites (tertiary alicyclic amines) is 2. The van der Waals surface area contributed by atoms with Gasteiger partial charge >= 0.3 is 12.2 Å². The van der Waals surface area contributed by atoms with Crippen LogP contribution in [0.25, 0.3) is 44.7 Å². The third-order valence-electron chi connectivity index (χ3n) is 11.5. The number of ether oxygens (including phenoxy) is 3. The van der Waals surface area contributed by atoms with Gasteiger partial charge in [0, 0.05) is 35.7 Å². The third kappa shape index (κ3) is 8.49. The van der Waals surface area contributed by atoms with Crippen LogP contribution in [0.1, 0.15) is 77.1 Å². The van der Waals surface area contributed by atoms with E-state index in [1.54, 1.807) is 29.3 Å². The zero-order valence-electron chi connectivity index (χ0n) is 35.1. The number of H-pyrrole nitrogens is 2. The van der Waals surface area contributed by atoms with Gasteiger partial charge in [0.2, 0.25) is 11.8 Å². The first-order chi connectivity index (χ1) is 28.9. The van der Waals surface area contributed by atoms with Crippen LogP contribution in [0.2, 0.25) is 0 Å². The van der Waals surface area contributed by atoms with E-state index in [1.807, 2.05) is 76.2 Å². The van der Waals surface area contributed by atoms with Crippen molar-refractivity contribution >= 4 is 34.9 Å². The number of benzene rings is 2. The Balaban J connectivity index is 1.06. The monoisotopic (exact) mass is 819 g/mol. The maximum Gasteiger partial charge on any atom is 0.407 e. The second-order valence-electron chi connectivity index (χ2n) is 16.0. The molecule has 4 amide bonds. The molecule has 0 radical (unpaired) electrons. The van der Waals surface area contributed by atoms with E-state index in [2.05, 4.69) is 25.6 Å². The Labute approximate surface area is 348 Å². The van der Waals surface area contributed by atoms with Crippen LogP contribution in [0.5, 0.6) is 5.75 Å². The van der Waals surface area contributed by atoms with Crippen LogP contribution in [0.3, 0.4) is 0 Å². The predicted octanol–water partition coefficient (Wildman–Crippen LogP) is 6.78. The molecule has 0 bridgehead atoms. The van der Waals surface area contributed by atoms with Crippen molar-refractivity contribution in [3.05, 3.63) is 72.6 Å². The molecule has 60 heavy (non-hydrogen) atoms. The number of nitrogens with zero attached hydrogens (tertiary/aromatic N) is 5. The Kier molecular flexibility index (Phi) is 12.4. The van der Waals surface area contributed by atoms with E-state index in [4.69, 9.17) is 24.2 Å². The molecule has 2 aliphatic rings. The van der Waals surface area contributed by atoms with Gasteiger partial charge in [-0.05, 0) is 55.2 Å². The van der Waals surface area contributed by atoms with Gasteiger partial charge in [-0.2, -0.15) is 0 Å². The zero-order chi connectivity index (χ0) is 42.7. The summed E-state index contributed by atoms with van der Waals surface area (Å²) >= 11 is 0. The summed E-state index contributed by atoms with van der Waals surface area (Å²) in [5.41, 5.74) is 5.86. The fourth-order valence-corrected chi connectivity index (χ4v) is 8.19. The summed E-state index contributed by atoms with van der Waals surface area (Å²) in [5.74, 6) is 1.50. The van der Waals surface area contributed by atoms with Gasteiger partial charge in [-0.25, -0.2) is 24.5 Å². The van der Waals surface area contributed by atoms with Gasteiger partial charge in [0.15, 0.2) is 0 Å². The van der Waals surface area contributed by atoms with Gasteiger partial charge < -0.3 is 44.6 Å². The molecule has 0 aliphatic carbocycles. The van der Waals surface area contributed by atoms with Crippen LogP contribution in [-0.2, 0) is 19.1 Å². The normalized spacial score (nSPS) is 17.6. The molecule has 4 atom stereocenters. The number of aromatic amines is 2. The molecule has 316 valence electrons. The SMILES string of the molecule is COC(=O)NC(C(=O)N1CCCC1c1ncc(-c2ccc(-c3cc(OC)c4cc(-c5cnc(C6CCCN6C(=O)C(NC(=O)OC)C(C)C)[nH]5)ccc4n3)cc2)[nH]1)C(C)C. The largest absolute Gasteiger partial charge is 0.496 e. The van der Waals surface area contributed by atoms with Crippen molar-refractivity contribution in [3.63, 3.8) is 0 Å². The summed E-state index contributed by atoms with van der Waals surface area (Å²) in [6.45, 7) is 8.72. The standard InChI is InChI=1S/C44H53N9O7/c1-24(2)37(50-43(56)59-6)41(54)52-18-8-10-34(52)39-45-22-32(48-39)27-14-12-26(13-15-27)31-21-36(58-5)29-20-28(16-17-30(29)47-31)33-23-46-40(49-33)35-11-9-19-53(35)42(55)38(25(3)4)51-44(57)60-7/h12-17,20-25,34-35,37-38H,8-11,18-19H2,1-7H3,(H,45,48)(H,46,49)(H,50,56)(H,51,57). The van der Waals surface area contributed by atoms with Gasteiger partial charge in [-0.3, -0.25) is 9.59 Å². The van der Waals surface area contributed by atoms with Crippen molar-refractivity contribution in [2.24, 2.45) is 11.8 Å². The lowest BCUT2D eigenvalue weighted by Gasteiger charge is -2.30. The zero-order valence-corrected chi connectivity index (χ0v) is 35.1. The summed E-state index contributed by atoms with van der Waals surface area (Å²) in [4.78, 5) is 76.1. The molecule has 4 unspecified atom stereocenters. The topological polar surface area (TPSA) is 197 Å². The van der Waals surface area contributed by atoms with Crippen LogP contribution in [0.15, 0.2) is 60.9 Å². The highest BCUT2D eigenvalue weighted by molar-refractivity contribution is 5.92. The van der Waals surface area contributed by atoms with Crippen molar-refractivity contribution in [3.8, 4) is 39.5 Å². The van der Waals surface area contributed by atoms with Crippen LogP contribution >= 0.6 is 0 Å². The molecule has 0 saturated carbocycles. The molecule has 5 heterocycles. The molecule has 5 aromatic rings. The highest BCUT2D eigenvalue weighted by atomic mass is 16.5. The second-order valence-corrected chi connectivity index (χ2v) is 16.0. The number of rotatable bonds is 12. The third-order valence-corrected chi connectivity index (χ3v) is 11.5. The van der Waals surface area contributed by atoms with Gasteiger partial charge in [-0.1, -0.05) is 58.0 Å². The number of hydrogen-bond donors (Lipinski definition) is 4. The van der Waals surface area contributed by atoms with E-state index in [0.717, 1.165) is 70.4 Å². The summed E-state index contributed by atoms with van der Waals surface area (Å²) in [7, 11) is 4.21. The Morgan fingerprint density at radius 1 is 0.683 bits per heavy atom. The number of carbonyl (C=O) groups is 4. The van der Waals surface area contributed by atoms with E-state index in [1.165, 1.54) is 14.2 Å². The van der Waals surface area contributed by atoms with Crippen LogP contribution in [0, 0.1) is 11.8 Å². The van der Waals surface area contributed by atoms with Gasteiger partial charge in [0.1, 0.15) is 29.5 Å². The number of hydrogen-bond acceptors (Lipinski definition) is 10. The maximum atomic E-state index is 13.6. The minimum atomic E-state index is -0.711. The molecular formula is C44H53N9O7. The quantitative estimate of drug-likeness (QED) is 0.104. The Morgan fingerprint density at radius 2 is 1.17 bits per heavy atom. The number of fused-ring (bicyclic) bond motifs is 1. The average Bonchev–Trinajstić information content (AvgIpc) is 4.10. The molecule has 16 heteroatoms. The molecule has 4 N–H and O–H groups in total. The van der Waals surface area contributed by atoms with E-state index in [9.17, 15) is 19.2 Å². The lowest BCUT2D eigenvalue weighted by Crippen LogP contribution is -2.51. The molecular weight excluding hydrogens is 767 g/mol. The van der Waals surface area contributed by atoms with Crippen molar-refractivity contribution in [1.82, 2.24) is 45.4 Å². The molecule has 2 fully saturated rings. The Hall–Kier alpha value is -6.45. The number of pyridine rings is 1. The lowest BCUT2D eigenvalue weighted by atomic mass is 10.0. The highest BCUT2D eigenvalue weighted by Gasteiger charge is 2.39. The fourth-order valence-electron chi connectivity index (χ4n) is 8.19. The summed E-state index contributed by atoms with van der Waals surface area (Å²) in [5, 5.41) is 6.22. The van der Waals surface area contributed by atoms with Crippen LogP contribution < -0.4 is 15.4 Å². The highest BCUT2D eigenvalue weighted by Crippen LogP contribution is 2.37. The molecule has 16 nitrogen and oxygen atoms in total. The van der Waals surface area contributed by atoms with E-state index in [0.29, 0.717) is 30.5 Å². The summed E-state index contributed by atoms with van der Waals surface area (Å²) < 4.78 is 15.4. The predicted molar refractivity (Wildman–Crippen MR) is 225 cm³/mol. The molecule has 2 aromatic carbocycles. The number of aromatic nitrogens is 5. The maximum absolute atomic E-state index is 13.6. The van der Waals surface area contributed by atoms with E-state index < -0.39 is 24.3 Å². The molecule has 2 aliphatic heterocycles. The number of nitrogens with one attached hydrogen (secondary N) is 4. The summed E-state index contributed by atoms with van der Waals surface area (Å²) in [6.07, 6.45) is 5.46. The van der Waals surface area contributed by atoms with Gasteiger partial charge in [0.05, 0.1) is 68.4 Å². The Morgan fingerprint density at radius 3 is 1.65 bits per heavy atom. The number of imidazole rings is 2. The first-order valence-corrected chi connectivity index (χ1v) is 20.4. The number of carbonyl (C=O) groups excluding carboxylic acids is 4. The second kappa shape index (κ2) is 17.8. The minimum Gasteiger partial charge on any atom is -0.496 e. The van der Waals surface area contributed by atoms with E-state index >= 15 is 0 Å². The van der Waals surface area contributed by atoms with E-state index in [-0.39, 0.29) is 35.7 Å². The summed E-state index contributed by atoms with van der Waals surface area (Å²) in [6, 6.07) is 14.0. The molecule has 0 spiro atoms. The van der Waals surface area contributed by atoms with Crippen molar-refractivity contribution < 1.29 is 33.4 Å². The minimum absolute atomic E-state index is 0.118. The first-order valence-electron chi connectivity index (χ1n) is 20.4. The number of amides is 4. The van der Waals surface area contributed by atoms with Crippen molar-refractivity contribution in [2.45, 2.75) is 77.5 Å². The molecule has 7 rings (SSSR count).